The van der Waals surface area contributed by atoms with Crippen LogP contribution in [0.15, 0.2) is 27.6 Å². The number of hydrogen-bond acceptors (Lipinski definition) is 4. The van der Waals surface area contributed by atoms with Gasteiger partial charge in [-0.25, -0.2) is 13.1 Å². The number of rotatable bonds is 4. The molecule has 0 saturated carbocycles. The van der Waals surface area contributed by atoms with Crippen LogP contribution in [0.25, 0.3) is 0 Å². The normalized spacial score (nSPS) is 20.2. The minimum absolute atomic E-state index is 0.168. The van der Waals surface area contributed by atoms with Crippen molar-refractivity contribution in [3.05, 3.63) is 22.7 Å². The Kier molecular flexibility index (Phi) is 4.26. The Balaban J connectivity index is 2.12. The summed E-state index contributed by atoms with van der Waals surface area (Å²) in [5.41, 5.74) is 6.03. The molecule has 1 aliphatic heterocycles. The first kappa shape index (κ1) is 13.8. The summed E-state index contributed by atoms with van der Waals surface area (Å²) in [7, 11) is -3.53. The summed E-state index contributed by atoms with van der Waals surface area (Å²) in [6, 6.07) is 4.72. The second-order valence-corrected chi connectivity index (χ2v) is 6.86. The van der Waals surface area contributed by atoms with Gasteiger partial charge in [-0.2, -0.15) is 0 Å². The standard InChI is InChI=1S/C11H15BrN2O3S/c12-10-2-1-9(13)5-11(10)18(15,16)14-6-8-3-4-17-7-8/h1-2,5,8,14H,3-4,6-7,13H2. The van der Waals surface area contributed by atoms with E-state index in [4.69, 9.17) is 10.5 Å². The number of anilines is 1. The van der Waals surface area contributed by atoms with E-state index in [9.17, 15) is 8.42 Å². The predicted molar refractivity (Wildman–Crippen MR) is 72.7 cm³/mol. The maximum Gasteiger partial charge on any atom is 0.241 e. The van der Waals surface area contributed by atoms with Gasteiger partial charge < -0.3 is 10.5 Å². The first-order valence-electron chi connectivity index (χ1n) is 5.61. The highest BCUT2D eigenvalue weighted by Crippen LogP contribution is 2.24. The molecule has 1 unspecified atom stereocenters. The van der Waals surface area contributed by atoms with Crippen LogP contribution < -0.4 is 10.5 Å². The van der Waals surface area contributed by atoms with Crippen molar-refractivity contribution in [3.8, 4) is 0 Å². The fourth-order valence-corrected chi connectivity index (χ4v) is 3.89. The third-order valence-corrected chi connectivity index (χ3v) is 5.25. The van der Waals surface area contributed by atoms with Crippen LogP contribution in [0.4, 0.5) is 5.69 Å². The van der Waals surface area contributed by atoms with Crippen LogP contribution in [0.3, 0.4) is 0 Å². The van der Waals surface area contributed by atoms with Gasteiger partial charge in [-0.05, 0) is 46.5 Å². The number of nitrogens with one attached hydrogen (secondary N) is 1. The van der Waals surface area contributed by atoms with Gasteiger partial charge in [-0.15, -0.1) is 0 Å². The fraction of sp³-hybridized carbons (Fsp3) is 0.455. The average Bonchev–Trinajstić information content (AvgIpc) is 2.83. The van der Waals surface area contributed by atoms with E-state index in [1.54, 1.807) is 12.1 Å². The van der Waals surface area contributed by atoms with E-state index in [1.165, 1.54) is 6.07 Å². The lowest BCUT2D eigenvalue weighted by Crippen LogP contribution is -2.29. The van der Waals surface area contributed by atoms with Gasteiger partial charge in [0.15, 0.2) is 0 Å². The van der Waals surface area contributed by atoms with Gasteiger partial charge in [-0.1, -0.05) is 0 Å². The Labute approximate surface area is 115 Å². The zero-order valence-electron chi connectivity index (χ0n) is 9.73. The molecule has 7 heteroatoms. The van der Waals surface area contributed by atoms with E-state index in [1.807, 2.05) is 0 Å². The van der Waals surface area contributed by atoms with Crippen molar-refractivity contribution in [2.45, 2.75) is 11.3 Å². The van der Waals surface area contributed by atoms with E-state index < -0.39 is 10.0 Å². The van der Waals surface area contributed by atoms with Crippen LogP contribution in [0.2, 0.25) is 0 Å². The summed E-state index contributed by atoms with van der Waals surface area (Å²) in [4.78, 5) is 0.168. The van der Waals surface area contributed by atoms with Gasteiger partial charge in [-0.3, -0.25) is 0 Å². The Morgan fingerprint density at radius 1 is 1.50 bits per heavy atom. The molecule has 18 heavy (non-hydrogen) atoms. The van der Waals surface area contributed by atoms with Crippen LogP contribution in [0, 0.1) is 5.92 Å². The van der Waals surface area contributed by atoms with Gasteiger partial charge >= 0.3 is 0 Å². The molecule has 0 aliphatic carbocycles. The van der Waals surface area contributed by atoms with Crippen molar-refractivity contribution in [2.24, 2.45) is 5.92 Å². The average molecular weight is 335 g/mol. The number of nitrogen functional groups attached to an aromatic ring is 1. The second-order valence-electron chi connectivity index (χ2n) is 4.27. The molecule has 1 aromatic carbocycles. The van der Waals surface area contributed by atoms with Gasteiger partial charge in [0.1, 0.15) is 0 Å². The lowest BCUT2D eigenvalue weighted by atomic mass is 10.1. The molecule has 5 nitrogen and oxygen atoms in total. The maximum atomic E-state index is 12.1. The highest BCUT2D eigenvalue weighted by atomic mass is 79.9. The summed E-state index contributed by atoms with van der Waals surface area (Å²) < 4.78 is 32.6. The number of hydrogen-bond donors (Lipinski definition) is 2. The molecule has 1 heterocycles. The third kappa shape index (κ3) is 3.23. The molecule has 0 radical (unpaired) electrons. The molecule has 3 N–H and O–H groups in total. The number of benzene rings is 1. The Morgan fingerprint density at radius 2 is 2.28 bits per heavy atom. The van der Waals surface area contributed by atoms with Crippen molar-refractivity contribution in [2.75, 3.05) is 25.5 Å². The van der Waals surface area contributed by atoms with Crippen molar-refractivity contribution in [1.29, 1.82) is 0 Å². The molecule has 1 fully saturated rings. The van der Waals surface area contributed by atoms with Gasteiger partial charge in [0.05, 0.1) is 11.5 Å². The molecule has 0 amide bonds. The summed E-state index contributed by atoms with van der Waals surface area (Å²) in [6.07, 6.45) is 0.890. The van der Waals surface area contributed by atoms with Gasteiger partial charge in [0.25, 0.3) is 0 Å². The van der Waals surface area contributed by atoms with Crippen LogP contribution in [0.5, 0.6) is 0 Å². The molecule has 1 atom stereocenters. The van der Waals surface area contributed by atoms with Crippen molar-refractivity contribution in [1.82, 2.24) is 4.72 Å². The molecule has 0 aromatic heterocycles. The van der Waals surface area contributed by atoms with E-state index in [-0.39, 0.29) is 10.8 Å². The molecule has 0 bridgehead atoms. The predicted octanol–water partition coefficient (Wildman–Crippen LogP) is 1.35. The van der Waals surface area contributed by atoms with Crippen LogP contribution in [-0.2, 0) is 14.8 Å². The van der Waals surface area contributed by atoms with Crippen molar-refractivity contribution >= 4 is 31.6 Å². The highest BCUT2D eigenvalue weighted by molar-refractivity contribution is 9.10. The molecule has 100 valence electrons. The quantitative estimate of drug-likeness (QED) is 0.814. The zero-order valence-corrected chi connectivity index (χ0v) is 12.1. The van der Waals surface area contributed by atoms with Crippen molar-refractivity contribution < 1.29 is 13.2 Å². The van der Waals surface area contributed by atoms with E-state index in [0.717, 1.165) is 6.42 Å². The van der Waals surface area contributed by atoms with Crippen LogP contribution in [-0.4, -0.2) is 28.2 Å². The van der Waals surface area contributed by atoms with Crippen molar-refractivity contribution in [3.63, 3.8) is 0 Å². The molecular formula is C11H15BrN2O3S. The fourth-order valence-electron chi connectivity index (χ4n) is 1.78. The second kappa shape index (κ2) is 5.56. The van der Waals surface area contributed by atoms with Gasteiger partial charge in [0, 0.05) is 23.3 Å². The Hall–Kier alpha value is -0.630. The van der Waals surface area contributed by atoms with E-state index in [2.05, 4.69) is 20.7 Å². The lowest BCUT2D eigenvalue weighted by Gasteiger charge is -2.11. The summed E-state index contributed by atoms with van der Waals surface area (Å²) >= 11 is 3.22. The zero-order chi connectivity index (χ0) is 13.2. The monoisotopic (exact) mass is 334 g/mol. The Morgan fingerprint density at radius 3 is 2.94 bits per heavy atom. The number of halogens is 1. The first-order valence-corrected chi connectivity index (χ1v) is 7.89. The number of sulfonamides is 1. The lowest BCUT2D eigenvalue weighted by molar-refractivity contribution is 0.186. The van der Waals surface area contributed by atoms with E-state index >= 15 is 0 Å². The molecule has 2 rings (SSSR count). The largest absolute Gasteiger partial charge is 0.399 e. The van der Waals surface area contributed by atoms with Gasteiger partial charge in [0.2, 0.25) is 10.0 Å². The molecule has 1 aromatic rings. The molecule has 0 spiro atoms. The third-order valence-electron chi connectivity index (χ3n) is 2.83. The maximum absolute atomic E-state index is 12.1. The molecular weight excluding hydrogens is 320 g/mol. The molecule has 1 aliphatic rings. The molecule has 1 saturated heterocycles. The van der Waals surface area contributed by atoms with E-state index in [0.29, 0.717) is 29.9 Å². The summed E-state index contributed by atoms with van der Waals surface area (Å²) in [5.74, 6) is 0.250. The van der Waals surface area contributed by atoms with Crippen LogP contribution >= 0.6 is 15.9 Å². The summed E-state index contributed by atoms with van der Waals surface area (Å²) in [5, 5.41) is 0. The first-order chi connectivity index (χ1) is 8.49. The number of nitrogens with two attached hydrogens (primary N) is 1. The Bertz CT molecular complexity index is 527. The highest BCUT2D eigenvalue weighted by Gasteiger charge is 2.22. The number of ether oxygens (including phenoxy) is 1. The minimum Gasteiger partial charge on any atom is -0.399 e. The van der Waals surface area contributed by atoms with Crippen LogP contribution in [0.1, 0.15) is 6.42 Å². The minimum atomic E-state index is -3.53. The topological polar surface area (TPSA) is 81.4 Å². The SMILES string of the molecule is Nc1ccc(Br)c(S(=O)(=O)NCC2CCOC2)c1. The smallest absolute Gasteiger partial charge is 0.241 e. The summed E-state index contributed by atoms with van der Waals surface area (Å²) in [6.45, 7) is 1.71.